The van der Waals surface area contributed by atoms with Gasteiger partial charge in [0.2, 0.25) is 0 Å². The number of hydrogen-bond donors (Lipinski definition) is 3. The van der Waals surface area contributed by atoms with Gasteiger partial charge in [0.1, 0.15) is 11.5 Å². The summed E-state index contributed by atoms with van der Waals surface area (Å²) in [4.78, 5) is 19.8. The van der Waals surface area contributed by atoms with Crippen molar-refractivity contribution in [1.82, 2.24) is 15.3 Å². The molecule has 22 heavy (non-hydrogen) atoms. The molecule has 0 aliphatic carbocycles. The number of H-pyrrole nitrogens is 1. The van der Waals surface area contributed by atoms with Crippen molar-refractivity contribution < 1.29 is 9.90 Å². The second kappa shape index (κ2) is 7.42. The highest BCUT2D eigenvalue weighted by atomic mass is 35.5. The van der Waals surface area contributed by atoms with E-state index >= 15 is 0 Å². The minimum absolute atomic E-state index is 0.0477. The number of nitrogens with one attached hydrogen (secondary N) is 2. The monoisotopic (exact) mass is 321 g/mol. The SMILES string of the molecule is CCC(CCO)NC(=O)c1nc(-c2cccc(Cl)c2)[nH]c1C. The van der Waals surface area contributed by atoms with Crippen LogP contribution in [0.5, 0.6) is 0 Å². The minimum atomic E-state index is -0.234. The number of halogens is 1. The van der Waals surface area contributed by atoms with Crippen molar-refractivity contribution in [2.75, 3.05) is 6.61 Å². The fourth-order valence-corrected chi connectivity index (χ4v) is 2.43. The fourth-order valence-electron chi connectivity index (χ4n) is 2.24. The van der Waals surface area contributed by atoms with Crippen LogP contribution in [-0.2, 0) is 0 Å². The third kappa shape index (κ3) is 3.87. The highest BCUT2D eigenvalue weighted by Crippen LogP contribution is 2.21. The zero-order chi connectivity index (χ0) is 16.1. The molecule has 1 heterocycles. The number of amides is 1. The second-order valence-corrected chi connectivity index (χ2v) is 5.60. The van der Waals surface area contributed by atoms with E-state index < -0.39 is 0 Å². The molecule has 6 heteroatoms. The summed E-state index contributed by atoms with van der Waals surface area (Å²) in [7, 11) is 0. The van der Waals surface area contributed by atoms with Crippen molar-refractivity contribution in [3.05, 3.63) is 40.7 Å². The standard InChI is InChI=1S/C16H20ClN3O2/c1-3-13(7-8-21)19-16(22)14-10(2)18-15(20-14)11-5-4-6-12(17)9-11/h4-6,9,13,21H,3,7-8H2,1-2H3,(H,18,20)(H,19,22). The van der Waals surface area contributed by atoms with Gasteiger partial charge >= 0.3 is 0 Å². The summed E-state index contributed by atoms with van der Waals surface area (Å²) in [6, 6.07) is 7.25. The maximum Gasteiger partial charge on any atom is 0.271 e. The van der Waals surface area contributed by atoms with Crippen LogP contribution < -0.4 is 5.32 Å². The van der Waals surface area contributed by atoms with Crippen LogP contribution in [0.15, 0.2) is 24.3 Å². The molecule has 1 unspecified atom stereocenters. The predicted octanol–water partition coefficient (Wildman–Crippen LogP) is 2.93. The predicted molar refractivity (Wildman–Crippen MR) is 87.0 cm³/mol. The van der Waals surface area contributed by atoms with Crippen LogP contribution in [0.2, 0.25) is 5.02 Å². The number of benzene rings is 1. The molecule has 0 saturated carbocycles. The molecule has 2 rings (SSSR count). The Hall–Kier alpha value is -1.85. The van der Waals surface area contributed by atoms with E-state index in [0.717, 1.165) is 12.0 Å². The molecule has 0 bridgehead atoms. The Balaban J connectivity index is 2.20. The Kier molecular flexibility index (Phi) is 5.57. The lowest BCUT2D eigenvalue weighted by Gasteiger charge is -2.14. The number of carbonyl (C=O) groups excluding carboxylic acids is 1. The number of nitrogens with zero attached hydrogens (tertiary/aromatic N) is 1. The first-order valence-corrected chi connectivity index (χ1v) is 7.67. The third-order valence-corrected chi connectivity index (χ3v) is 3.74. The summed E-state index contributed by atoms with van der Waals surface area (Å²) < 4.78 is 0. The first-order valence-electron chi connectivity index (χ1n) is 7.29. The van der Waals surface area contributed by atoms with Crippen molar-refractivity contribution >= 4 is 17.5 Å². The van der Waals surface area contributed by atoms with Crippen molar-refractivity contribution in [3.63, 3.8) is 0 Å². The average Bonchev–Trinajstić information content (AvgIpc) is 2.89. The molecule has 0 fully saturated rings. The van der Waals surface area contributed by atoms with Gasteiger partial charge in [0, 0.05) is 28.9 Å². The fraction of sp³-hybridized carbons (Fsp3) is 0.375. The van der Waals surface area contributed by atoms with Crippen molar-refractivity contribution in [3.8, 4) is 11.4 Å². The van der Waals surface area contributed by atoms with Gasteiger partial charge in [0.05, 0.1) is 0 Å². The van der Waals surface area contributed by atoms with Gasteiger partial charge in [-0.2, -0.15) is 0 Å². The first-order chi connectivity index (χ1) is 10.5. The normalized spacial score (nSPS) is 12.2. The molecule has 1 aromatic heterocycles. The van der Waals surface area contributed by atoms with E-state index in [0.29, 0.717) is 28.7 Å². The molecule has 1 atom stereocenters. The van der Waals surface area contributed by atoms with Gasteiger partial charge in [0.25, 0.3) is 5.91 Å². The summed E-state index contributed by atoms with van der Waals surface area (Å²) in [5.41, 5.74) is 1.90. The van der Waals surface area contributed by atoms with Gasteiger partial charge < -0.3 is 15.4 Å². The number of rotatable bonds is 6. The Morgan fingerprint density at radius 3 is 2.91 bits per heavy atom. The van der Waals surface area contributed by atoms with Crippen LogP contribution in [0.4, 0.5) is 0 Å². The van der Waals surface area contributed by atoms with E-state index in [9.17, 15) is 4.79 Å². The maximum absolute atomic E-state index is 12.3. The van der Waals surface area contributed by atoms with Crippen molar-refractivity contribution in [2.45, 2.75) is 32.7 Å². The van der Waals surface area contributed by atoms with Crippen molar-refractivity contribution in [1.29, 1.82) is 0 Å². The first kappa shape index (κ1) is 16.5. The number of aliphatic hydroxyl groups excluding tert-OH is 1. The molecule has 0 spiro atoms. The van der Waals surface area contributed by atoms with Gasteiger partial charge in [-0.15, -0.1) is 0 Å². The lowest BCUT2D eigenvalue weighted by molar-refractivity contribution is 0.0924. The van der Waals surface area contributed by atoms with E-state index in [2.05, 4.69) is 15.3 Å². The zero-order valence-electron chi connectivity index (χ0n) is 12.7. The molecule has 1 amide bonds. The van der Waals surface area contributed by atoms with E-state index in [-0.39, 0.29) is 18.6 Å². The maximum atomic E-state index is 12.3. The van der Waals surface area contributed by atoms with Crippen LogP contribution in [0, 0.1) is 6.92 Å². The molecule has 3 N–H and O–H groups in total. The summed E-state index contributed by atoms with van der Waals surface area (Å²) in [6.07, 6.45) is 1.30. The molecule has 0 aliphatic rings. The van der Waals surface area contributed by atoms with E-state index in [1.807, 2.05) is 26.0 Å². The van der Waals surface area contributed by atoms with Crippen LogP contribution in [0.1, 0.15) is 35.9 Å². The molecule has 0 aliphatic heterocycles. The minimum Gasteiger partial charge on any atom is -0.396 e. The molecule has 2 aromatic rings. The Morgan fingerprint density at radius 2 is 2.27 bits per heavy atom. The van der Waals surface area contributed by atoms with Crippen molar-refractivity contribution in [2.24, 2.45) is 0 Å². The topological polar surface area (TPSA) is 78.0 Å². The molecule has 5 nitrogen and oxygen atoms in total. The molecule has 118 valence electrons. The average molecular weight is 322 g/mol. The summed E-state index contributed by atoms with van der Waals surface area (Å²) in [5, 5.41) is 12.5. The number of aryl methyl sites for hydroxylation is 1. The largest absolute Gasteiger partial charge is 0.396 e. The number of aromatic amines is 1. The smallest absolute Gasteiger partial charge is 0.271 e. The van der Waals surface area contributed by atoms with E-state index in [1.54, 1.807) is 12.1 Å². The number of hydrogen-bond acceptors (Lipinski definition) is 3. The van der Waals surface area contributed by atoms with Gasteiger partial charge in [-0.1, -0.05) is 30.7 Å². The lowest BCUT2D eigenvalue weighted by atomic mass is 10.1. The Labute approximate surface area is 134 Å². The molecule has 1 aromatic carbocycles. The zero-order valence-corrected chi connectivity index (χ0v) is 13.4. The molecule has 0 radical (unpaired) electrons. The number of aromatic nitrogens is 2. The van der Waals surface area contributed by atoms with Crippen LogP contribution in [0.25, 0.3) is 11.4 Å². The van der Waals surface area contributed by atoms with Crippen LogP contribution in [-0.4, -0.2) is 33.6 Å². The quantitative estimate of drug-likeness (QED) is 0.765. The molecule has 0 saturated heterocycles. The van der Waals surface area contributed by atoms with Crippen LogP contribution >= 0.6 is 11.6 Å². The van der Waals surface area contributed by atoms with Crippen LogP contribution in [0.3, 0.4) is 0 Å². The van der Waals surface area contributed by atoms with Gasteiger partial charge in [-0.3, -0.25) is 4.79 Å². The lowest BCUT2D eigenvalue weighted by Crippen LogP contribution is -2.35. The second-order valence-electron chi connectivity index (χ2n) is 5.16. The van der Waals surface area contributed by atoms with E-state index in [1.165, 1.54) is 0 Å². The summed E-state index contributed by atoms with van der Waals surface area (Å²) >= 11 is 5.98. The Bertz CT molecular complexity index is 655. The number of imidazole rings is 1. The van der Waals surface area contributed by atoms with Gasteiger partial charge in [-0.05, 0) is 31.9 Å². The number of carbonyl (C=O) groups is 1. The molecular weight excluding hydrogens is 302 g/mol. The number of aliphatic hydroxyl groups is 1. The summed E-state index contributed by atoms with van der Waals surface area (Å²) in [6.45, 7) is 3.82. The molecular formula is C16H20ClN3O2. The Morgan fingerprint density at radius 1 is 1.50 bits per heavy atom. The highest BCUT2D eigenvalue weighted by Gasteiger charge is 2.18. The summed E-state index contributed by atoms with van der Waals surface area (Å²) in [5.74, 6) is 0.377. The van der Waals surface area contributed by atoms with E-state index in [4.69, 9.17) is 16.7 Å². The highest BCUT2D eigenvalue weighted by molar-refractivity contribution is 6.30. The third-order valence-electron chi connectivity index (χ3n) is 3.50. The van der Waals surface area contributed by atoms with Gasteiger partial charge in [-0.25, -0.2) is 4.98 Å². The van der Waals surface area contributed by atoms with Gasteiger partial charge in [0.15, 0.2) is 0 Å².